The normalized spacial score (nSPS) is 17.0. The molecule has 1 unspecified atom stereocenters. The molecule has 0 saturated heterocycles. The van der Waals surface area contributed by atoms with Gasteiger partial charge in [-0.05, 0) is 24.3 Å². The van der Waals surface area contributed by atoms with Crippen molar-refractivity contribution in [2.24, 2.45) is 5.10 Å². The molecule has 7 heteroatoms. The summed E-state index contributed by atoms with van der Waals surface area (Å²) in [6.45, 7) is 0. The van der Waals surface area contributed by atoms with Crippen molar-refractivity contribution in [2.45, 2.75) is 12.5 Å². The van der Waals surface area contributed by atoms with E-state index in [0.717, 1.165) is 5.52 Å². The van der Waals surface area contributed by atoms with Gasteiger partial charge in [0.1, 0.15) is 29.3 Å². The minimum Gasteiger partial charge on any atom is -0.497 e. The molecule has 122 valence electrons. The zero-order valence-electron chi connectivity index (χ0n) is 12.8. The van der Waals surface area contributed by atoms with E-state index in [1.165, 1.54) is 25.3 Å². The third kappa shape index (κ3) is 2.47. The van der Waals surface area contributed by atoms with Gasteiger partial charge in [0, 0.05) is 24.1 Å². The second-order valence-corrected chi connectivity index (χ2v) is 5.57. The minimum atomic E-state index is -0.387. The lowest BCUT2D eigenvalue weighted by Gasteiger charge is -2.06. The third-order valence-corrected chi connectivity index (χ3v) is 4.03. The van der Waals surface area contributed by atoms with Crippen LogP contribution >= 0.6 is 0 Å². The van der Waals surface area contributed by atoms with Crippen LogP contribution in [0.4, 0.5) is 8.78 Å². The Hall–Kier alpha value is -2.96. The van der Waals surface area contributed by atoms with Crippen LogP contribution in [0, 0.1) is 11.6 Å². The molecule has 5 nitrogen and oxygen atoms in total. The number of nitrogens with one attached hydrogen (secondary N) is 2. The molecule has 0 spiro atoms. The number of H-pyrrole nitrogens is 1. The number of benzene rings is 2. The predicted octanol–water partition coefficient (Wildman–Crippen LogP) is 3.29. The number of aromatic amines is 1. The molecular weight excluding hydrogens is 314 g/mol. The second kappa shape index (κ2) is 5.59. The number of hydrazone groups is 1. The Kier molecular flexibility index (Phi) is 3.41. The molecular formula is C17H14F2N4O. The first-order valence-corrected chi connectivity index (χ1v) is 7.45. The maximum absolute atomic E-state index is 14.2. The van der Waals surface area contributed by atoms with Crippen molar-refractivity contribution >= 4 is 16.7 Å². The summed E-state index contributed by atoms with van der Waals surface area (Å²) in [4.78, 5) is 7.53. The van der Waals surface area contributed by atoms with E-state index >= 15 is 0 Å². The van der Waals surface area contributed by atoms with E-state index in [2.05, 4.69) is 20.5 Å². The zero-order valence-corrected chi connectivity index (χ0v) is 12.8. The standard InChI is InChI=1S/C17H14F2N4O/c1-24-10-3-4-11(12(19)7-10)14-8-16(23-22-14)17-20-13-5-2-9(18)6-15(13)21-17/h2-7,16,23H,8H2,1H3,(H,20,21). The average molecular weight is 328 g/mol. The molecule has 0 fully saturated rings. The molecule has 2 aromatic carbocycles. The number of fused-ring (bicyclic) bond motifs is 1. The Morgan fingerprint density at radius 2 is 2.04 bits per heavy atom. The van der Waals surface area contributed by atoms with Gasteiger partial charge in [-0.3, -0.25) is 5.43 Å². The Balaban J connectivity index is 1.58. The quantitative estimate of drug-likeness (QED) is 0.775. The number of halogens is 2. The number of rotatable bonds is 3. The van der Waals surface area contributed by atoms with E-state index in [1.807, 2.05) is 0 Å². The SMILES string of the molecule is COc1ccc(C2=NNC(c3nc4cc(F)ccc4[nH]3)C2)c(F)c1. The molecule has 1 aliphatic rings. The fraction of sp³-hybridized carbons (Fsp3) is 0.176. The highest BCUT2D eigenvalue weighted by Gasteiger charge is 2.25. The highest BCUT2D eigenvalue weighted by Crippen LogP contribution is 2.27. The average Bonchev–Trinajstić information content (AvgIpc) is 3.20. The van der Waals surface area contributed by atoms with E-state index in [4.69, 9.17) is 4.74 Å². The number of hydrogen-bond donors (Lipinski definition) is 2. The lowest BCUT2D eigenvalue weighted by atomic mass is 10.0. The molecule has 2 N–H and O–H groups in total. The lowest BCUT2D eigenvalue weighted by molar-refractivity contribution is 0.411. The predicted molar refractivity (Wildman–Crippen MR) is 86.0 cm³/mol. The van der Waals surface area contributed by atoms with Crippen molar-refractivity contribution < 1.29 is 13.5 Å². The van der Waals surface area contributed by atoms with Crippen molar-refractivity contribution in [3.63, 3.8) is 0 Å². The van der Waals surface area contributed by atoms with Gasteiger partial charge in [0.25, 0.3) is 0 Å². The van der Waals surface area contributed by atoms with Crippen LogP contribution in [-0.2, 0) is 0 Å². The van der Waals surface area contributed by atoms with Crippen LogP contribution in [0.1, 0.15) is 23.9 Å². The topological polar surface area (TPSA) is 62.3 Å². The Morgan fingerprint density at radius 3 is 2.83 bits per heavy atom. The minimum absolute atomic E-state index is 0.211. The first-order valence-electron chi connectivity index (χ1n) is 7.45. The molecule has 4 rings (SSSR count). The van der Waals surface area contributed by atoms with E-state index in [0.29, 0.717) is 34.8 Å². The first kappa shape index (κ1) is 14.6. The highest BCUT2D eigenvalue weighted by molar-refractivity contribution is 6.02. The van der Waals surface area contributed by atoms with Crippen LogP contribution in [-0.4, -0.2) is 22.8 Å². The number of imidazole rings is 1. The number of methoxy groups -OCH3 is 1. The lowest BCUT2D eigenvalue weighted by Crippen LogP contribution is -2.11. The van der Waals surface area contributed by atoms with Gasteiger partial charge < -0.3 is 9.72 Å². The summed E-state index contributed by atoms with van der Waals surface area (Å²) in [6.07, 6.45) is 0.478. The van der Waals surface area contributed by atoms with Gasteiger partial charge in [0.05, 0.1) is 23.9 Å². The van der Waals surface area contributed by atoms with Crippen LogP contribution in [0.2, 0.25) is 0 Å². The van der Waals surface area contributed by atoms with Crippen LogP contribution in [0.15, 0.2) is 41.5 Å². The van der Waals surface area contributed by atoms with Crippen LogP contribution in [0.3, 0.4) is 0 Å². The van der Waals surface area contributed by atoms with Crippen molar-refractivity contribution in [3.8, 4) is 5.75 Å². The van der Waals surface area contributed by atoms with E-state index in [1.54, 1.807) is 18.2 Å². The summed E-state index contributed by atoms with van der Waals surface area (Å²) < 4.78 is 32.5. The van der Waals surface area contributed by atoms with Gasteiger partial charge in [0.15, 0.2) is 0 Å². The smallest absolute Gasteiger partial charge is 0.136 e. The summed E-state index contributed by atoms with van der Waals surface area (Å²) in [6, 6.07) is 8.84. The van der Waals surface area contributed by atoms with Crippen molar-refractivity contribution in [1.82, 2.24) is 15.4 Å². The maximum atomic E-state index is 14.2. The van der Waals surface area contributed by atoms with Crippen molar-refractivity contribution in [2.75, 3.05) is 7.11 Å². The largest absolute Gasteiger partial charge is 0.497 e. The van der Waals surface area contributed by atoms with Crippen LogP contribution in [0.5, 0.6) is 5.75 Å². The Morgan fingerprint density at radius 1 is 1.17 bits per heavy atom. The van der Waals surface area contributed by atoms with Gasteiger partial charge in [-0.15, -0.1) is 0 Å². The monoisotopic (exact) mass is 328 g/mol. The second-order valence-electron chi connectivity index (χ2n) is 5.57. The number of ether oxygens (including phenoxy) is 1. The molecule has 1 aliphatic heterocycles. The molecule has 0 radical (unpaired) electrons. The summed E-state index contributed by atoms with van der Waals surface area (Å²) in [5, 5.41) is 4.22. The Bertz CT molecular complexity index is 951. The molecule has 0 saturated carbocycles. The highest BCUT2D eigenvalue weighted by atomic mass is 19.1. The van der Waals surface area contributed by atoms with Gasteiger partial charge in [-0.25, -0.2) is 13.8 Å². The first-order chi connectivity index (χ1) is 11.6. The molecule has 2 heterocycles. The molecule has 1 atom stereocenters. The van der Waals surface area contributed by atoms with Crippen molar-refractivity contribution in [1.29, 1.82) is 0 Å². The summed E-state index contributed by atoms with van der Waals surface area (Å²) >= 11 is 0. The Labute approximate surface area is 136 Å². The van der Waals surface area contributed by atoms with E-state index in [-0.39, 0.29) is 17.7 Å². The summed E-state index contributed by atoms with van der Waals surface area (Å²) in [5.41, 5.74) is 5.28. The van der Waals surface area contributed by atoms with E-state index < -0.39 is 0 Å². The molecule has 24 heavy (non-hydrogen) atoms. The van der Waals surface area contributed by atoms with E-state index in [9.17, 15) is 8.78 Å². The van der Waals surface area contributed by atoms with Gasteiger partial charge in [-0.1, -0.05) is 0 Å². The maximum Gasteiger partial charge on any atom is 0.136 e. The molecule has 0 aliphatic carbocycles. The fourth-order valence-electron chi connectivity index (χ4n) is 2.79. The van der Waals surface area contributed by atoms with Gasteiger partial charge >= 0.3 is 0 Å². The number of nitrogens with zero attached hydrogens (tertiary/aromatic N) is 2. The molecule has 0 bridgehead atoms. The molecule has 3 aromatic rings. The third-order valence-electron chi connectivity index (χ3n) is 4.03. The summed E-state index contributed by atoms with van der Waals surface area (Å²) in [7, 11) is 1.49. The van der Waals surface area contributed by atoms with Gasteiger partial charge in [0.2, 0.25) is 0 Å². The number of hydrogen-bond acceptors (Lipinski definition) is 4. The van der Waals surface area contributed by atoms with Crippen LogP contribution in [0.25, 0.3) is 11.0 Å². The van der Waals surface area contributed by atoms with Gasteiger partial charge in [-0.2, -0.15) is 5.10 Å². The zero-order chi connectivity index (χ0) is 16.7. The molecule has 0 amide bonds. The number of aromatic nitrogens is 2. The summed E-state index contributed by atoms with van der Waals surface area (Å²) in [5.74, 6) is 0.376. The fourth-order valence-corrected chi connectivity index (χ4v) is 2.79. The molecule has 1 aromatic heterocycles. The van der Waals surface area contributed by atoms with Crippen LogP contribution < -0.4 is 10.2 Å². The van der Waals surface area contributed by atoms with Crippen molar-refractivity contribution in [3.05, 3.63) is 59.4 Å².